The summed E-state index contributed by atoms with van der Waals surface area (Å²) < 4.78 is 12.3. The molecule has 0 saturated carbocycles. The highest BCUT2D eigenvalue weighted by Crippen LogP contribution is 2.27. The first kappa shape index (κ1) is 17.5. The number of phenolic OH excluding ortho intramolecular Hbond substituents is 1. The van der Waals surface area contributed by atoms with E-state index in [1.165, 1.54) is 24.4 Å². The highest BCUT2D eigenvalue weighted by atomic mass is 16.5. The molecule has 7 nitrogen and oxygen atoms in total. The zero-order chi connectivity index (χ0) is 19.7. The maximum Gasteiger partial charge on any atom is 0.375 e. The van der Waals surface area contributed by atoms with Gasteiger partial charge < -0.3 is 14.3 Å². The highest BCUT2D eigenvalue weighted by Gasteiger charge is 2.24. The Morgan fingerprint density at radius 1 is 1.21 bits per heavy atom. The molecule has 0 atom stereocenters. The standard InChI is InChI=1S/C21H16N2O5/c1-2-27-21(26)20-18(19(25)16-9-8-15(24)10-17(16)28-20)13-11-22-23(12-13)14-6-4-3-5-7-14/h3-12,24H,2H2,1H3. The summed E-state index contributed by atoms with van der Waals surface area (Å²) >= 11 is 0. The second-order valence-corrected chi connectivity index (χ2v) is 6.05. The Bertz CT molecular complexity index is 1220. The van der Waals surface area contributed by atoms with Crippen LogP contribution in [0.1, 0.15) is 17.5 Å². The monoisotopic (exact) mass is 376 g/mol. The van der Waals surface area contributed by atoms with Crippen molar-refractivity contribution in [3.63, 3.8) is 0 Å². The number of phenols is 1. The number of aromatic nitrogens is 2. The Labute approximate surface area is 159 Å². The molecule has 7 heteroatoms. The Kier molecular flexibility index (Phi) is 4.41. The first-order chi connectivity index (χ1) is 13.6. The predicted molar refractivity (Wildman–Crippen MR) is 103 cm³/mol. The van der Waals surface area contributed by atoms with Crippen LogP contribution in [0.25, 0.3) is 27.8 Å². The van der Waals surface area contributed by atoms with Crippen LogP contribution in [0.2, 0.25) is 0 Å². The zero-order valence-corrected chi connectivity index (χ0v) is 15.0. The molecule has 0 radical (unpaired) electrons. The fraction of sp³-hybridized carbons (Fsp3) is 0.0952. The van der Waals surface area contributed by atoms with Gasteiger partial charge in [0.2, 0.25) is 11.2 Å². The number of carbonyl (C=O) groups excluding carboxylic acids is 1. The molecule has 0 unspecified atom stereocenters. The first-order valence-corrected chi connectivity index (χ1v) is 8.66. The van der Waals surface area contributed by atoms with Gasteiger partial charge in [0.1, 0.15) is 11.3 Å². The number of fused-ring (bicyclic) bond motifs is 1. The Balaban J connectivity index is 1.95. The second-order valence-electron chi connectivity index (χ2n) is 6.05. The van der Waals surface area contributed by atoms with Gasteiger partial charge in [-0.15, -0.1) is 0 Å². The van der Waals surface area contributed by atoms with E-state index in [-0.39, 0.29) is 34.6 Å². The number of ether oxygens (including phenoxy) is 1. The number of para-hydroxylation sites is 1. The summed E-state index contributed by atoms with van der Waals surface area (Å²) in [6, 6.07) is 13.5. The molecule has 4 rings (SSSR count). The molecular weight excluding hydrogens is 360 g/mol. The molecule has 0 aliphatic rings. The maximum atomic E-state index is 13.1. The summed E-state index contributed by atoms with van der Waals surface area (Å²) in [5.41, 5.74) is 1.00. The minimum absolute atomic E-state index is 0.0684. The van der Waals surface area contributed by atoms with Gasteiger partial charge in [-0.05, 0) is 31.2 Å². The van der Waals surface area contributed by atoms with Gasteiger partial charge in [0.25, 0.3) is 0 Å². The van der Waals surface area contributed by atoms with Gasteiger partial charge in [0.05, 0.1) is 29.4 Å². The Morgan fingerprint density at radius 3 is 2.75 bits per heavy atom. The van der Waals surface area contributed by atoms with Gasteiger partial charge in [0, 0.05) is 17.8 Å². The van der Waals surface area contributed by atoms with Crippen molar-refractivity contribution in [3.8, 4) is 22.6 Å². The van der Waals surface area contributed by atoms with Crippen molar-refractivity contribution in [2.45, 2.75) is 6.92 Å². The molecule has 0 bridgehead atoms. The molecule has 0 saturated heterocycles. The predicted octanol–water partition coefficient (Wildman–Crippen LogP) is 3.53. The van der Waals surface area contributed by atoms with E-state index in [0.717, 1.165) is 5.69 Å². The van der Waals surface area contributed by atoms with Crippen LogP contribution >= 0.6 is 0 Å². The van der Waals surface area contributed by atoms with Crippen LogP contribution in [-0.4, -0.2) is 27.5 Å². The molecule has 0 amide bonds. The van der Waals surface area contributed by atoms with Crippen molar-refractivity contribution in [1.29, 1.82) is 0 Å². The van der Waals surface area contributed by atoms with Gasteiger partial charge in [0.15, 0.2) is 0 Å². The van der Waals surface area contributed by atoms with Crippen molar-refractivity contribution in [1.82, 2.24) is 9.78 Å². The Morgan fingerprint density at radius 2 is 2.00 bits per heavy atom. The van der Waals surface area contributed by atoms with E-state index >= 15 is 0 Å². The molecule has 4 aromatic rings. The second kappa shape index (κ2) is 7.03. The summed E-state index contributed by atoms with van der Waals surface area (Å²) in [6.07, 6.45) is 3.14. The lowest BCUT2D eigenvalue weighted by molar-refractivity contribution is 0.0492. The summed E-state index contributed by atoms with van der Waals surface area (Å²) in [6.45, 7) is 1.79. The molecule has 2 aromatic heterocycles. The molecular formula is C21H16N2O5. The smallest absolute Gasteiger partial charge is 0.375 e. The summed E-state index contributed by atoms with van der Waals surface area (Å²) in [7, 11) is 0. The Hall–Kier alpha value is -3.87. The largest absolute Gasteiger partial charge is 0.508 e. The maximum absolute atomic E-state index is 13.1. The van der Waals surface area contributed by atoms with Gasteiger partial charge in [-0.2, -0.15) is 5.10 Å². The molecule has 140 valence electrons. The van der Waals surface area contributed by atoms with Crippen LogP contribution in [0.15, 0.2) is 70.1 Å². The number of hydrogen-bond acceptors (Lipinski definition) is 6. The third-order valence-electron chi connectivity index (χ3n) is 4.23. The normalized spacial score (nSPS) is 10.9. The fourth-order valence-corrected chi connectivity index (χ4v) is 2.96. The van der Waals surface area contributed by atoms with E-state index in [2.05, 4.69) is 5.10 Å². The number of rotatable bonds is 4. The SMILES string of the molecule is CCOC(=O)c1oc2cc(O)ccc2c(=O)c1-c1cnn(-c2ccccc2)c1. The van der Waals surface area contributed by atoms with Crippen LogP contribution in [-0.2, 0) is 4.74 Å². The van der Waals surface area contributed by atoms with E-state index in [9.17, 15) is 14.7 Å². The van der Waals surface area contributed by atoms with Gasteiger partial charge in [-0.1, -0.05) is 18.2 Å². The van der Waals surface area contributed by atoms with Crippen LogP contribution in [0.4, 0.5) is 0 Å². The quantitative estimate of drug-likeness (QED) is 0.548. The third kappa shape index (κ3) is 3.03. The van der Waals surface area contributed by atoms with Crippen molar-refractivity contribution in [2.24, 2.45) is 0 Å². The van der Waals surface area contributed by atoms with E-state index in [4.69, 9.17) is 9.15 Å². The number of carbonyl (C=O) groups is 1. The van der Waals surface area contributed by atoms with Gasteiger partial charge in [-0.3, -0.25) is 4.79 Å². The molecule has 0 fully saturated rings. The average Bonchev–Trinajstić information content (AvgIpc) is 3.18. The number of hydrogen-bond donors (Lipinski definition) is 1. The van der Waals surface area contributed by atoms with Crippen LogP contribution in [0.3, 0.4) is 0 Å². The molecule has 2 aromatic carbocycles. The number of aromatic hydroxyl groups is 1. The van der Waals surface area contributed by atoms with Crippen molar-refractivity contribution >= 4 is 16.9 Å². The lowest BCUT2D eigenvalue weighted by Crippen LogP contribution is -2.14. The van der Waals surface area contributed by atoms with E-state index in [1.54, 1.807) is 17.8 Å². The van der Waals surface area contributed by atoms with E-state index in [0.29, 0.717) is 5.56 Å². The summed E-state index contributed by atoms with van der Waals surface area (Å²) in [5, 5.41) is 14.2. The number of esters is 1. The zero-order valence-electron chi connectivity index (χ0n) is 15.0. The molecule has 28 heavy (non-hydrogen) atoms. The average molecular weight is 376 g/mol. The summed E-state index contributed by atoms with van der Waals surface area (Å²) in [4.78, 5) is 25.6. The van der Waals surface area contributed by atoms with E-state index in [1.807, 2.05) is 30.3 Å². The minimum atomic E-state index is -0.757. The topological polar surface area (TPSA) is 94.6 Å². The highest BCUT2D eigenvalue weighted by molar-refractivity contribution is 5.97. The van der Waals surface area contributed by atoms with Gasteiger partial charge in [-0.25, -0.2) is 9.48 Å². The van der Waals surface area contributed by atoms with Crippen molar-refractivity contribution in [3.05, 3.63) is 76.9 Å². The molecule has 0 spiro atoms. The van der Waals surface area contributed by atoms with Crippen LogP contribution in [0, 0.1) is 0 Å². The molecule has 1 N–H and O–H groups in total. The molecule has 0 aliphatic heterocycles. The molecule has 0 aliphatic carbocycles. The van der Waals surface area contributed by atoms with E-state index < -0.39 is 11.4 Å². The van der Waals surface area contributed by atoms with Crippen LogP contribution < -0.4 is 5.43 Å². The number of nitrogens with zero attached hydrogens (tertiary/aromatic N) is 2. The minimum Gasteiger partial charge on any atom is -0.508 e. The van der Waals surface area contributed by atoms with Crippen molar-refractivity contribution < 1.29 is 19.1 Å². The van der Waals surface area contributed by atoms with Gasteiger partial charge >= 0.3 is 5.97 Å². The fourth-order valence-electron chi connectivity index (χ4n) is 2.96. The van der Waals surface area contributed by atoms with Crippen LogP contribution in [0.5, 0.6) is 5.75 Å². The molecule has 2 heterocycles. The lowest BCUT2D eigenvalue weighted by Gasteiger charge is -2.08. The lowest BCUT2D eigenvalue weighted by atomic mass is 10.0. The third-order valence-corrected chi connectivity index (χ3v) is 4.23. The van der Waals surface area contributed by atoms with Crippen molar-refractivity contribution in [2.75, 3.05) is 6.61 Å². The first-order valence-electron chi connectivity index (χ1n) is 8.66. The summed E-state index contributed by atoms with van der Waals surface area (Å²) in [5.74, 6) is -1.06. The number of benzene rings is 2.